The zero-order chi connectivity index (χ0) is 9.94. The van der Waals surface area contributed by atoms with Crippen LogP contribution in [-0.4, -0.2) is 32.2 Å². The number of unbranched alkanes of at least 4 members (excludes halogenated alkanes) is 1. The molecule has 0 aliphatic heterocycles. The van der Waals surface area contributed by atoms with Gasteiger partial charge in [-0.15, -0.1) is 0 Å². The molecule has 0 aromatic carbocycles. The van der Waals surface area contributed by atoms with Crippen molar-refractivity contribution >= 4 is 0 Å². The van der Waals surface area contributed by atoms with Crippen molar-refractivity contribution in [1.82, 2.24) is 10.6 Å². The van der Waals surface area contributed by atoms with Crippen molar-refractivity contribution in [2.24, 2.45) is 5.73 Å². The van der Waals surface area contributed by atoms with Gasteiger partial charge in [0.15, 0.2) is 0 Å². The third-order valence-corrected chi connectivity index (χ3v) is 2.06. The normalized spacial score (nSPS) is 13.2. The molecule has 0 bridgehead atoms. The topological polar surface area (TPSA) is 50.1 Å². The van der Waals surface area contributed by atoms with Crippen LogP contribution in [0.2, 0.25) is 0 Å². The van der Waals surface area contributed by atoms with Crippen LogP contribution in [0.15, 0.2) is 0 Å². The Balaban J connectivity index is 3.03. The van der Waals surface area contributed by atoms with Gasteiger partial charge in [0.25, 0.3) is 0 Å². The Morgan fingerprint density at radius 3 is 2.46 bits per heavy atom. The molecule has 0 aliphatic carbocycles. The van der Waals surface area contributed by atoms with Crippen molar-refractivity contribution in [3.63, 3.8) is 0 Å². The van der Waals surface area contributed by atoms with Gasteiger partial charge in [0.05, 0.1) is 0 Å². The van der Waals surface area contributed by atoms with E-state index in [1.165, 1.54) is 12.8 Å². The van der Waals surface area contributed by atoms with Crippen LogP contribution >= 0.6 is 0 Å². The highest BCUT2D eigenvalue weighted by Gasteiger charge is 1.99. The van der Waals surface area contributed by atoms with E-state index >= 15 is 0 Å². The standard InChI is InChI=1S/C10H25N3/c1-3-5-6-10(11)9-13-8-7-12-4-2/h10,12-13H,3-9,11H2,1-2H3. The SMILES string of the molecule is CCCCC(N)CNCCNCC. The van der Waals surface area contributed by atoms with Crippen molar-refractivity contribution in [1.29, 1.82) is 0 Å². The first-order chi connectivity index (χ1) is 6.31. The van der Waals surface area contributed by atoms with E-state index < -0.39 is 0 Å². The zero-order valence-corrected chi connectivity index (χ0v) is 9.10. The molecular formula is C10H25N3. The summed E-state index contributed by atoms with van der Waals surface area (Å²) in [5.41, 5.74) is 5.89. The minimum Gasteiger partial charge on any atom is -0.327 e. The summed E-state index contributed by atoms with van der Waals surface area (Å²) in [5, 5.41) is 6.60. The molecule has 0 aromatic rings. The van der Waals surface area contributed by atoms with Gasteiger partial charge in [-0.1, -0.05) is 26.7 Å². The third kappa shape index (κ3) is 9.80. The highest BCUT2D eigenvalue weighted by atomic mass is 14.9. The van der Waals surface area contributed by atoms with E-state index in [1.54, 1.807) is 0 Å². The maximum Gasteiger partial charge on any atom is 0.0165 e. The first-order valence-corrected chi connectivity index (χ1v) is 5.48. The molecule has 1 atom stereocenters. The van der Waals surface area contributed by atoms with Crippen LogP contribution in [0.3, 0.4) is 0 Å². The van der Waals surface area contributed by atoms with Crippen molar-refractivity contribution < 1.29 is 0 Å². The zero-order valence-electron chi connectivity index (χ0n) is 9.10. The van der Waals surface area contributed by atoms with Crippen molar-refractivity contribution in [3.05, 3.63) is 0 Å². The van der Waals surface area contributed by atoms with E-state index in [4.69, 9.17) is 5.73 Å². The Bertz CT molecular complexity index is 96.2. The lowest BCUT2D eigenvalue weighted by molar-refractivity contribution is 0.518. The van der Waals surface area contributed by atoms with E-state index in [0.717, 1.165) is 32.6 Å². The van der Waals surface area contributed by atoms with Gasteiger partial charge in [-0.05, 0) is 13.0 Å². The van der Waals surface area contributed by atoms with Gasteiger partial charge in [0, 0.05) is 25.7 Å². The molecule has 0 radical (unpaired) electrons. The highest BCUT2D eigenvalue weighted by molar-refractivity contribution is 4.64. The predicted molar refractivity (Wildman–Crippen MR) is 58.9 cm³/mol. The monoisotopic (exact) mass is 187 g/mol. The first kappa shape index (κ1) is 12.9. The molecule has 0 aromatic heterocycles. The molecule has 3 nitrogen and oxygen atoms in total. The van der Waals surface area contributed by atoms with E-state index in [9.17, 15) is 0 Å². The van der Waals surface area contributed by atoms with Gasteiger partial charge in [-0.25, -0.2) is 0 Å². The Morgan fingerprint density at radius 1 is 1.15 bits per heavy atom. The van der Waals surface area contributed by atoms with Gasteiger partial charge < -0.3 is 16.4 Å². The van der Waals surface area contributed by atoms with Crippen LogP contribution in [0.1, 0.15) is 33.1 Å². The second-order valence-corrected chi connectivity index (χ2v) is 3.46. The number of nitrogens with two attached hydrogens (primary N) is 1. The fraction of sp³-hybridized carbons (Fsp3) is 1.00. The van der Waals surface area contributed by atoms with Crippen molar-refractivity contribution in [3.8, 4) is 0 Å². The number of hydrogen-bond donors (Lipinski definition) is 3. The van der Waals surface area contributed by atoms with Gasteiger partial charge in [0.2, 0.25) is 0 Å². The molecule has 0 saturated carbocycles. The summed E-state index contributed by atoms with van der Waals surface area (Å²) >= 11 is 0. The molecule has 4 N–H and O–H groups in total. The molecule has 0 saturated heterocycles. The maximum atomic E-state index is 5.89. The van der Waals surface area contributed by atoms with Gasteiger partial charge in [0.1, 0.15) is 0 Å². The average Bonchev–Trinajstić information content (AvgIpc) is 2.14. The smallest absolute Gasteiger partial charge is 0.0165 e. The lowest BCUT2D eigenvalue weighted by atomic mass is 10.1. The lowest BCUT2D eigenvalue weighted by Crippen LogP contribution is -2.37. The quantitative estimate of drug-likeness (QED) is 0.466. The largest absolute Gasteiger partial charge is 0.327 e. The molecular weight excluding hydrogens is 162 g/mol. The molecule has 0 fully saturated rings. The molecule has 0 spiro atoms. The van der Waals surface area contributed by atoms with Crippen molar-refractivity contribution in [2.45, 2.75) is 39.2 Å². The fourth-order valence-corrected chi connectivity index (χ4v) is 1.21. The molecule has 13 heavy (non-hydrogen) atoms. The van der Waals surface area contributed by atoms with E-state index in [-0.39, 0.29) is 0 Å². The van der Waals surface area contributed by atoms with Gasteiger partial charge in [-0.3, -0.25) is 0 Å². The second kappa shape index (κ2) is 9.96. The summed E-state index contributed by atoms with van der Waals surface area (Å²) in [5.74, 6) is 0. The van der Waals surface area contributed by atoms with Gasteiger partial charge in [-0.2, -0.15) is 0 Å². The Hall–Kier alpha value is -0.120. The molecule has 80 valence electrons. The lowest BCUT2D eigenvalue weighted by Gasteiger charge is -2.11. The molecule has 0 aliphatic rings. The Kier molecular flexibility index (Phi) is 9.87. The summed E-state index contributed by atoms with van der Waals surface area (Å²) in [6, 6.07) is 0.335. The summed E-state index contributed by atoms with van der Waals surface area (Å²) in [7, 11) is 0. The second-order valence-electron chi connectivity index (χ2n) is 3.46. The van der Waals surface area contributed by atoms with Crippen LogP contribution in [0.25, 0.3) is 0 Å². The van der Waals surface area contributed by atoms with Crippen LogP contribution in [-0.2, 0) is 0 Å². The maximum absolute atomic E-state index is 5.89. The average molecular weight is 187 g/mol. The van der Waals surface area contributed by atoms with E-state index in [2.05, 4.69) is 24.5 Å². The first-order valence-electron chi connectivity index (χ1n) is 5.48. The predicted octanol–water partition coefficient (Wildman–Crippen LogP) is 0.703. The Morgan fingerprint density at radius 2 is 1.85 bits per heavy atom. The summed E-state index contributed by atoms with van der Waals surface area (Å²) in [6.45, 7) is 8.37. The molecule has 0 heterocycles. The fourth-order valence-electron chi connectivity index (χ4n) is 1.21. The van der Waals surface area contributed by atoms with Crippen LogP contribution in [0.4, 0.5) is 0 Å². The summed E-state index contributed by atoms with van der Waals surface area (Å²) < 4.78 is 0. The number of nitrogens with one attached hydrogen (secondary N) is 2. The Labute approximate surface area is 82.5 Å². The van der Waals surface area contributed by atoms with Crippen LogP contribution < -0.4 is 16.4 Å². The van der Waals surface area contributed by atoms with Gasteiger partial charge >= 0.3 is 0 Å². The van der Waals surface area contributed by atoms with E-state index in [0.29, 0.717) is 6.04 Å². The number of likely N-dealkylation sites (N-methyl/N-ethyl adjacent to an activating group) is 1. The summed E-state index contributed by atoms with van der Waals surface area (Å²) in [4.78, 5) is 0. The molecule has 3 heteroatoms. The minimum absolute atomic E-state index is 0.335. The highest BCUT2D eigenvalue weighted by Crippen LogP contribution is 1.96. The molecule has 0 rings (SSSR count). The van der Waals surface area contributed by atoms with Crippen molar-refractivity contribution in [2.75, 3.05) is 26.2 Å². The van der Waals surface area contributed by atoms with Crippen LogP contribution in [0, 0.1) is 0 Å². The number of hydrogen-bond acceptors (Lipinski definition) is 3. The van der Waals surface area contributed by atoms with Crippen LogP contribution in [0.5, 0.6) is 0 Å². The molecule has 0 amide bonds. The molecule has 1 unspecified atom stereocenters. The summed E-state index contributed by atoms with van der Waals surface area (Å²) in [6.07, 6.45) is 3.63. The number of rotatable bonds is 9. The minimum atomic E-state index is 0.335. The van der Waals surface area contributed by atoms with E-state index in [1.807, 2.05) is 0 Å². The third-order valence-electron chi connectivity index (χ3n) is 2.06.